The molecule has 0 fully saturated rings. The third-order valence-corrected chi connectivity index (χ3v) is 1.46. The second-order valence-electron chi connectivity index (χ2n) is 4.71. The van der Waals surface area contributed by atoms with Gasteiger partial charge in [-0.2, -0.15) is 0 Å². The molecule has 0 bridgehead atoms. The molecule has 5 heteroatoms. The van der Waals surface area contributed by atoms with Gasteiger partial charge in [0.2, 0.25) is 0 Å². The van der Waals surface area contributed by atoms with Crippen molar-refractivity contribution in [2.75, 3.05) is 13.2 Å². The van der Waals surface area contributed by atoms with Crippen LogP contribution in [0, 0.1) is 0 Å². The van der Waals surface area contributed by atoms with Crippen LogP contribution in [0.5, 0.6) is 0 Å². The number of hydrogen-bond donors (Lipinski definition) is 4. The second kappa shape index (κ2) is 4.61. The van der Waals surface area contributed by atoms with Gasteiger partial charge in [0.1, 0.15) is 5.60 Å². The number of hydrogen-bond acceptors (Lipinski definition) is 3. The van der Waals surface area contributed by atoms with E-state index in [1.807, 2.05) is 20.8 Å². The lowest BCUT2D eigenvalue weighted by Gasteiger charge is -2.24. The molecule has 1 atom stereocenters. The van der Waals surface area contributed by atoms with Crippen LogP contribution < -0.4 is 10.6 Å². The molecular weight excluding hydrogens is 184 g/mol. The van der Waals surface area contributed by atoms with E-state index in [1.54, 1.807) is 0 Å². The van der Waals surface area contributed by atoms with Crippen molar-refractivity contribution in [3.05, 3.63) is 0 Å². The number of carbonyl (C=O) groups is 1. The maximum absolute atomic E-state index is 11.2. The quantitative estimate of drug-likeness (QED) is 0.515. The van der Waals surface area contributed by atoms with Crippen LogP contribution in [-0.2, 0) is 0 Å². The molecule has 2 amide bonds. The summed E-state index contributed by atoms with van der Waals surface area (Å²) in [4.78, 5) is 11.2. The highest BCUT2D eigenvalue weighted by molar-refractivity contribution is 5.74. The van der Waals surface area contributed by atoms with Crippen LogP contribution in [0.1, 0.15) is 27.7 Å². The third kappa shape index (κ3) is 6.68. The Morgan fingerprint density at radius 2 is 1.79 bits per heavy atom. The lowest BCUT2D eigenvalue weighted by Crippen LogP contribution is -2.51. The van der Waals surface area contributed by atoms with Crippen LogP contribution in [0.4, 0.5) is 4.79 Å². The van der Waals surface area contributed by atoms with E-state index in [-0.39, 0.29) is 24.7 Å². The molecule has 5 nitrogen and oxygen atoms in total. The van der Waals surface area contributed by atoms with Gasteiger partial charge in [-0.3, -0.25) is 0 Å². The highest BCUT2D eigenvalue weighted by atomic mass is 16.3. The van der Waals surface area contributed by atoms with Crippen molar-refractivity contribution in [3.63, 3.8) is 0 Å². The topological polar surface area (TPSA) is 81.6 Å². The molecule has 0 radical (unpaired) electrons. The number of carbonyl (C=O) groups excluding carboxylic acids is 1. The van der Waals surface area contributed by atoms with Gasteiger partial charge in [0.25, 0.3) is 0 Å². The van der Waals surface area contributed by atoms with E-state index in [4.69, 9.17) is 5.11 Å². The van der Waals surface area contributed by atoms with Gasteiger partial charge < -0.3 is 20.8 Å². The Morgan fingerprint density at radius 3 is 2.14 bits per heavy atom. The molecule has 1 unspecified atom stereocenters. The van der Waals surface area contributed by atoms with Crippen molar-refractivity contribution in [2.45, 2.75) is 38.8 Å². The minimum absolute atomic E-state index is 0.0193. The molecule has 0 rings (SSSR count). The Kier molecular flexibility index (Phi) is 4.35. The summed E-state index contributed by atoms with van der Waals surface area (Å²) in [7, 11) is 0. The fraction of sp³-hybridized carbons (Fsp3) is 0.889. The van der Waals surface area contributed by atoms with Crippen molar-refractivity contribution < 1.29 is 15.0 Å². The van der Waals surface area contributed by atoms with Crippen LogP contribution in [-0.4, -0.2) is 40.5 Å². The molecule has 0 spiro atoms. The van der Waals surface area contributed by atoms with E-state index in [0.717, 1.165) is 0 Å². The minimum Gasteiger partial charge on any atom is -0.393 e. The Hall–Kier alpha value is -0.810. The first-order valence-corrected chi connectivity index (χ1v) is 4.55. The second-order valence-corrected chi connectivity index (χ2v) is 4.71. The van der Waals surface area contributed by atoms with Crippen LogP contribution in [0.2, 0.25) is 0 Å². The van der Waals surface area contributed by atoms with Crippen molar-refractivity contribution in [3.8, 4) is 0 Å². The van der Waals surface area contributed by atoms with E-state index >= 15 is 0 Å². The highest BCUT2D eigenvalue weighted by Crippen LogP contribution is 2.00. The zero-order valence-electron chi connectivity index (χ0n) is 9.22. The van der Waals surface area contributed by atoms with Crippen molar-refractivity contribution in [1.82, 2.24) is 10.6 Å². The average Bonchev–Trinajstić information content (AvgIpc) is 1.98. The monoisotopic (exact) mass is 204 g/mol. The SMILES string of the molecule is CC(O)(CO)CNC(=O)NC(C)(C)C. The summed E-state index contributed by atoms with van der Waals surface area (Å²) in [5.41, 5.74) is -1.58. The molecule has 4 N–H and O–H groups in total. The van der Waals surface area contributed by atoms with E-state index in [9.17, 15) is 9.90 Å². The molecule has 0 saturated heterocycles. The molecule has 0 saturated carbocycles. The Labute approximate surface area is 84.5 Å². The number of rotatable bonds is 3. The number of aliphatic hydroxyl groups excluding tert-OH is 1. The largest absolute Gasteiger partial charge is 0.393 e. The van der Waals surface area contributed by atoms with Gasteiger partial charge in [-0.1, -0.05) is 0 Å². The smallest absolute Gasteiger partial charge is 0.315 e. The lowest BCUT2D eigenvalue weighted by atomic mass is 10.1. The Morgan fingerprint density at radius 1 is 1.29 bits per heavy atom. The van der Waals surface area contributed by atoms with E-state index in [1.165, 1.54) is 6.92 Å². The summed E-state index contributed by atoms with van der Waals surface area (Å²) >= 11 is 0. The van der Waals surface area contributed by atoms with Gasteiger partial charge in [-0.25, -0.2) is 4.79 Å². The van der Waals surface area contributed by atoms with Crippen molar-refractivity contribution in [2.24, 2.45) is 0 Å². The molecule has 0 aliphatic rings. The van der Waals surface area contributed by atoms with Gasteiger partial charge in [0, 0.05) is 5.54 Å². The zero-order valence-corrected chi connectivity index (χ0v) is 9.22. The number of urea groups is 1. The van der Waals surface area contributed by atoms with Gasteiger partial charge in [0.05, 0.1) is 13.2 Å². The van der Waals surface area contributed by atoms with Crippen LogP contribution in [0.15, 0.2) is 0 Å². The normalized spacial score (nSPS) is 15.9. The van der Waals surface area contributed by atoms with Gasteiger partial charge in [0.15, 0.2) is 0 Å². The first kappa shape index (κ1) is 13.2. The Balaban J connectivity index is 3.87. The molecule has 14 heavy (non-hydrogen) atoms. The molecule has 0 aromatic carbocycles. The lowest BCUT2D eigenvalue weighted by molar-refractivity contribution is 0.00470. The van der Waals surface area contributed by atoms with Gasteiger partial charge >= 0.3 is 6.03 Å². The van der Waals surface area contributed by atoms with E-state index < -0.39 is 5.60 Å². The molecule has 0 aliphatic carbocycles. The summed E-state index contributed by atoms with van der Waals surface area (Å²) in [6.07, 6.45) is 0. The Bertz CT molecular complexity index is 197. The van der Waals surface area contributed by atoms with Crippen LogP contribution >= 0.6 is 0 Å². The maximum atomic E-state index is 11.2. The summed E-state index contributed by atoms with van der Waals surface area (Å²) in [5.74, 6) is 0. The summed E-state index contributed by atoms with van der Waals surface area (Å²) in [5, 5.41) is 23.2. The predicted octanol–water partition coefficient (Wildman–Crippen LogP) is -0.173. The molecule has 0 aliphatic heterocycles. The van der Waals surface area contributed by atoms with Crippen molar-refractivity contribution in [1.29, 1.82) is 0 Å². The van der Waals surface area contributed by atoms with Crippen LogP contribution in [0.25, 0.3) is 0 Å². The van der Waals surface area contributed by atoms with Crippen LogP contribution in [0.3, 0.4) is 0 Å². The van der Waals surface area contributed by atoms with E-state index in [0.29, 0.717) is 0 Å². The van der Waals surface area contributed by atoms with Crippen molar-refractivity contribution >= 4 is 6.03 Å². The molecule has 0 aromatic heterocycles. The molecular formula is C9H20N2O3. The predicted molar refractivity (Wildman–Crippen MR) is 54.0 cm³/mol. The van der Waals surface area contributed by atoms with E-state index in [2.05, 4.69) is 10.6 Å². The number of amides is 2. The fourth-order valence-corrected chi connectivity index (χ4v) is 0.711. The first-order chi connectivity index (χ1) is 6.16. The first-order valence-electron chi connectivity index (χ1n) is 4.55. The zero-order chi connectivity index (χ0) is 11.4. The summed E-state index contributed by atoms with van der Waals surface area (Å²) in [6, 6.07) is -0.355. The van der Waals surface area contributed by atoms with Gasteiger partial charge in [-0.05, 0) is 27.7 Å². The highest BCUT2D eigenvalue weighted by Gasteiger charge is 2.21. The third-order valence-electron chi connectivity index (χ3n) is 1.46. The molecule has 84 valence electrons. The standard InChI is InChI=1S/C9H20N2O3/c1-8(2,3)11-7(13)10-5-9(4,14)6-12/h12,14H,5-6H2,1-4H3,(H2,10,11,13). The number of aliphatic hydroxyl groups is 2. The maximum Gasteiger partial charge on any atom is 0.315 e. The van der Waals surface area contributed by atoms with Gasteiger partial charge in [-0.15, -0.1) is 0 Å². The molecule has 0 aromatic rings. The number of nitrogens with one attached hydrogen (secondary N) is 2. The minimum atomic E-state index is -1.27. The fourth-order valence-electron chi connectivity index (χ4n) is 0.711. The summed E-state index contributed by atoms with van der Waals surface area (Å²) < 4.78 is 0. The summed E-state index contributed by atoms with van der Waals surface area (Å²) in [6.45, 7) is 6.66. The molecule has 0 heterocycles. The average molecular weight is 204 g/mol.